The van der Waals surface area contributed by atoms with Crippen LogP contribution in [0.5, 0.6) is 0 Å². The lowest BCUT2D eigenvalue weighted by atomic mass is 9.95. The highest BCUT2D eigenvalue weighted by Crippen LogP contribution is 2.25. The van der Waals surface area contributed by atoms with Crippen LogP contribution < -0.4 is 0 Å². The number of hydrogen-bond donors (Lipinski definition) is 2. The number of carboxylic acid groups (broad SMARTS) is 2. The van der Waals surface area contributed by atoms with Crippen LogP contribution in [0.25, 0.3) is 0 Å². The van der Waals surface area contributed by atoms with E-state index in [1.165, 1.54) is 12.1 Å². The second-order valence-electron chi connectivity index (χ2n) is 3.15. The summed E-state index contributed by atoms with van der Waals surface area (Å²) in [4.78, 5) is 21.3. The van der Waals surface area contributed by atoms with Crippen LogP contribution in [0.15, 0.2) is 18.2 Å². The first kappa shape index (κ1) is 12.4. The van der Waals surface area contributed by atoms with Gasteiger partial charge in [-0.25, -0.2) is 4.39 Å². The number of carbonyl (C=O) groups is 2. The first-order chi connectivity index (χ1) is 7.41. The highest BCUT2D eigenvalue weighted by molar-refractivity contribution is 6.30. The molecule has 1 aromatic carbocycles. The summed E-state index contributed by atoms with van der Waals surface area (Å²) in [6.07, 6.45) is -0.673. The Morgan fingerprint density at radius 1 is 1.38 bits per heavy atom. The summed E-state index contributed by atoms with van der Waals surface area (Å²) < 4.78 is 13.4. The van der Waals surface area contributed by atoms with Crippen molar-refractivity contribution >= 4 is 23.5 Å². The molecule has 0 aliphatic heterocycles. The van der Waals surface area contributed by atoms with Crippen molar-refractivity contribution in [1.82, 2.24) is 0 Å². The zero-order chi connectivity index (χ0) is 12.3. The van der Waals surface area contributed by atoms with Crippen molar-refractivity contribution in [3.05, 3.63) is 34.6 Å². The van der Waals surface area contributed by atoms with Crippen LogP contribution in [0.1, 0.15) is 17.9 Å². The first-order valence-corrected chi connectivity index (χ1v) is 4.69. The van der Waals surface area contributed by atoms with Crippen LogP contribution in [0.4, 0.5) is 4.39 Å². The molecule has 1 aromatic rings. The van der Waals surface area contributed by atoms with E-state index in [2.05, 4.69) is 0 Å². The van der Waals surface area contributed by atoms with Crippen molar-refractivity contribution in [2.24, 2.45) is 0 Å². The lowest BCUT2D eigenvalue weighted by Crippen LogP contribution is -2.17. The van der Waals surface area contributed by atoms with Crippen LogP contribution in [0.2, 0.25) is 5.02 Å². The highest BCUT2D eigenvalue weighted by atomic mass is 35.5. The van der Waals surface area contributed by atoms with Crippen molar-refractivity contribution in [2.75, 3.05) is 0 Å². The smallest absolute Gasteiger partial charge is 0.311 e. The molecule has 0 saturated heterocycles. The zero-order valence-corrected chi connectivity index (χ0v) is 8.74. The standard InChI is InChI=1S/C10H8ClFO4/c11-5-1-2-6(8(12)3-5)7(10(15)16)4-9(13)14/h1-3,7H,4H2,(H,13,14)(H,15,16). The molecule has 1 unspecified atom stereocenters. The largest absolute Gasteiger partial charge is 0.481 e. The fraction of sp³-hybridized carbons (Fsp3) is 0.200. The number of carboxylic acids is 2. The van der Waals surface area contributed by atoms with Crippen LogP contribution in [-0.2, 0) is 9.59 Å². The molecule has 0 heterocycles. The van der Waals surface area contributed by atoms with E-state index < -0.39 is 30.1 Å². The van der Waals surface area contributed by atoms with Gasteiger partial charge in [0.15, 0.2) is 0 Å². The van der Waals surface area contributed by atoms with Crippen LogP contribution in [0, 0.1) is 5.82 Å². The Morgan fingerprint density at radius 3 is 2.44 bits per heavy atom. The van der Waals surface area contributed by atoms with Gasteiger partial charge in [0.25, 0.3) is 0 Å². The number of rotatable bonds is 4. The molecule has 0 aliphatic carbocycles. The van der Waals surface area contributed by atoms with Gasteiger partial charge in [-0.2, -0.15) is 0 Å². The molecule has 6 heteroatoms. The summed E-state index contributed by atoms with van der Waals surface area (Å²) in [6, 6.07) is 3.45. The zero-order valence-electron chi connectivity index (χ0n) is 7.98. The molecule has 0 spiro atoms. The van der Waals surface area contributed by atoms with Crippen LogP contribution >= 0.6 is 11.6 Å². The predicted octanol–water partition coefficient (Wildman–Crippen LogP) is 2.12. The second kappa shape index (κ2) is 4.94. The maximum Gasteiger partial charge on any atom is 0.311 e. The summed E-state index contributed by atoms with van der Waals surface area (Å²) in [5, 5.41) is 17.5. The lowest BCUT2D eigenvalue weighted by Gasteiger charge is -2.11. The van der Waals surface area contributed by atoms with Crippen molar-refractivity contribution < 1.29 is 24.2 Å². The molecular weight excluding hydrogens is 239 g/mol. The topological polar surface area (TPSA) is 74.6 Å². The molecule has 4 nitrogen and oxygen atoms in total. The molecule has 86 valence electrons. The third-order valence-electron chi connectivity index (χ3n) is 2.01. The van der Waals surface area contributed by atoms with E-state index in [0.717, 1.165) is 6.07 Å². The Morgan fingerprint density at radius 2 is 2.00 bits per heavy atom. The van der Waals surface area contributed by atoms with Crippen molar-refractivity contribution in [3.8, 4) is 0 Å². The molecule has 1 atom stereocenters. The van der Waals surface area contributed by atoms with Crippen molar-refractivity contribution in [1.29, 1.82) is 0 Å². The van der Waals surface area contributed by atoms with Gasteiger partial charge < -0.3 is 10.2 Å². The third kappa shape index (κ3) is 2.93. The van der Waals surface area contributed by atoms with Gasteiger partial charge in [0.1, 0.15) is 5.82 Å². The number of benzene rings is 1. The Balaban J connectivity index is 3.10. The predicted molar refractivity (Wildman–Crippen MR) is 54.0 cm³/mol. The SMILES string of the molecule is O=C(O)CC(C(=O)O)c1ccc(Cl)cc1F. The molecule has 16 heavy (non-hydrogen) atoms. The summed E-state index contributed by atoms with van der Waals surface area (Å²) in [6.45, 7) is 0. The summed E-state index contributed by atoms with van der Waals surface area (Å²) in [5.74, 6) is -4.92. The third-order valence-corrected chi connectivity index (χ3v) is 2.25. The second-order valence-corrected chi connectivity index (χ2v) is 3.59. The lowest BCUT2D eigenvalue weighted by molar-refractivity contribution is -0.145. The van der Waals surface area contributed by atoms with Gasteiger partial charge in [-0.15, -0.1) is 0 Å². The number of hydrogen-bond acceptors (Lipinski definition) is 2. The van der Waals surface area contributed by atoms with E-state index in [1.807, 2.05) is 0 Å². The van der Waals surface area contributed by atoms with Gasteiger partial charge >= 0.3 is 11.9 Å². The maximum atomic E-state index is 13.4. The molecule has 0 aromatic heterocycles. The average molecular weight is 247 g/mol. The van der Waals surface area contributed by atoms with Gasteiger partial charge in [0, 0.05) is 10.6 Å². The van der Waals surface area contributed by atoms with Gasteiger partial charge in [0.05, 0.1) is 12.3 Å². The van der Waals surface area contributed by atoms with E-state index in [9.17, 15) is 14.0 Å². The molecule has 0 fully saturated rings. The van der Waals surface area contributed by atoms with Crippen LogP contribution in [0.3, 0.4) is 0 Å². The maximum absolute atomic E-state index is 13.4. The van der Waals surface area contributed by atoms with Crippen LogP contribution in [-0.4, -0.2) is 22.2 Å². The summed E-state index contributed by atoms with van der Waals surface area (Å²) >= 11 is 5.50. The number of aliphatic carboxylic acids is 2. The van der Waals surface area contributed by atoms with Gasteiger partial charge in [-0.3, -0.25) is 9.59 Å². The minimum absolute atomic E-state index is 0.126. The van der Waals surface area contributed by atoms with E-state index in [-0.39, 0.29) is 10.6 Å². The first-order valence-electron chi connectivity index (χ1n) is 4.31. The summed E-state index contributed by atoms with van der Waals surface area (Å²) in [7, 11) is 0. The van der Waals surface area contributed by atoms with Gasteiger partial charge in [0.2, 0.25) is 0 Å². The van der Waals surface area contributed by atoms with E-state index in [1.54, 1.807) is 0 Å². The number of halogens is 2. The Kier molecular flexibility index (Phi) is 3.84. The molecule has 1 rings (SSSR count). The van der Waals surface area contributed by atoms with Crippen molar-refractivity contribution in [3.63, 3.8) is 0 Å². The molecule has 0 bridgehead atoms. The van der Waals surface area contributed by atoms with E-state index >= 15 is 0 Å². The monoisotopic (exact) mass is 246 g/mol. The Hall–Kier alpha value is -1.62. The summed E-state index contributed by atoms with van der Waals surface area (Å²) in [5.41, 5.74) is -0.181. The molecule has 0 amide bonds. The fourth-order valence-electron chi connectivity index (χ4n) is 1.29. The van der Waals surface area contributed by atoms with E-state index in [4.69, 9.17) is 21.8 Å². The molecule has 0 radical (unpaired) electrons. The molecule has 0 saturated carbocycles. The van der Waals surface area contributed by atoms with Gasteiger partial charge in [-0.05, 0) is 12.1 Å². The van der Waals surface area contributed by atoms with E-state index in [0.29, 0.717) is 0 Å². The minimum Gasteiger partial charge on any atom is -0.481 e. The molecular formula is C10H8ClFO4. The quantitative estimate of drug-likeness (QED) is 0.853. The molecule has 0 aliphatic rings. The van der Waals surface area contributed by atoms with Crippen molar-refractivity contribution in [2.45, 2.75) is 12.3 Å². The minimum atomic E-state index is -1.41. The highest BCUT2D eigenvalue weighted by Gasteiger charge is 2.25. The normalized spacial score (nSPS) is 12.1. The molecule has 2 N–H and O–H groups in total. The fourth-order valence-corrected chi connectivity index (χ4v) is 1.45. The Labute approximate surface area is 95.3 Å². The Bertz CT molecular complexity index is 433. The van der Waals surface area contributed by atoms with Gasteiger partial charge in [-0.1, -0.05) is 17.7 Å². The average Bonchev–Trinajstić information content (AvgIpc) is 2.14.